The smallest absolute Gasteiger partial charge is 0.269 e. The van der Waals surface area contributed by atoms with Gasteiger partial charge in [0, 0.05) is 70.2 Å². The first-order chi connectivity index (χ1) is 15.2. The molecule has 0 spiro atoms. The van der Waals surface area contributed by atoms with Crippen molar-refractivity contribution in [3.8, 4) is 0 Å². The quantitative estimate of drug-likeness (QED) is 0.529. The van der Waals surface area contributed by atoms with Crippen LogP contribution in [0.5, 0.6) is 0 Å². The number of nitrogens with zero attached hydrogens (tertiary/aromatic N) is 8. The lowest BCUT2D eigenvalue weighted by atomic mass is 10.2. The fourth-order valence-electron chi connectivity index (χ4n) is 4.55. The van der Waals surface area contributed by atoms with Crippen molar-refractivity contribution in [2.45, 2.75) is 25.7 Å². The number of nitro groups is 1. The maximum atomic E-state index is 10.9. The summed E-state index contributed by atoms with van der Waals surface area (Å²) in [5.74, 6) is 2.38. The van der Waals surface area contributed by atoms with E-state index in [9.17, 15) is 10.1 Å². The SMILES string of the molecule is O=[N+]([O-])c1ccc(N2CCN(c3nc(N4CCCC4)nc(N4CCCC4)n3)CC2)cc1. The molecule has 0 bridgehead atoms. The molecule has 5 rings (SSSR count). The van der Waals surface area contributed by atoms with Crippen LogP contribution < -0.4 is 19.6 Å². The van der Waals surface area contributed by atoms with Crippen molar-refractivity contribution in [2.75, 3.05) is 72.0 Å². The Labute approximate surface area is 181 Å². The van der Waals surface area contributed by atoms with Crippen LogP contribution in [0.2, 0.25) is 0 Å². The average molecular weight is 425 g/mol. The molecule has 164 valence electrons. The normalized spacial score (nSPS) is 19.4. The third kappa shape index (κ3) is 4.19. The second kappa shape index (κ2) is 8.52. The van der Waals surface area contributed by atoms with Gasteiger partial charge in [-0.2, -0.15) is 15.0 Å². The molecular weight excluding hydrogens is 396 g/mol. The number of rotatable bonds is 5. The largest absolute Gasteiger partial charge is 0.368 e. The molecule has 0 radical (unpaired) electrons. The summed E-state index contributed by atoms with van der Waals surface area (Å²) in [6.45, 7) is 7.30. The summed E-state index contributed by atoms with van der Waals surface area (Å²) in [4.78, 5) is 34.1. The van der Waals surface area contributed by atoms with Crippen molar-refractivity contribution in [1.82, 2.24) is 15.0 Å². The van der Waals surface area contributed by atoms with Gasteiger partial charge >= 0.3 is 0 Å². The van der Waals surface area contributed by atoms with Crippen LogP contribution in [0.1, 0.15) is 25.7 Å². The molecule has 2 aromatic rings. The lowest BCUT2D eigenvalue weighted by Gasteiger charge is -2.36. The third-order valence-electron chi connectivity index (χ3n) is 6.37. The van der Waals surface area contributed by atoms with Gasteiger partial charge in [-0.3, -0.25) is 10.1 Å². The minimum Gasteiger partial charge on any atom is -0.368 e. The summed E-state index contributed by atoms with van der Waals surface area (Å²) in [7, 11) is 0. The first kappa shape index (κ1) is 19.8. The van der Waals surface area contributed by atoms with E-state index in [0.29, 0.717) is 0 Å². The van der Waals surface area contributed by atoms with Gasteiger partial charge in [-0.1, -0.05) is 0 Å². The van der Waals surface area contributed by atoms with Gasteiger partial charge in [-0.15, -0.1) is 0 Å². The number of hydrogen-bond acceptors (Lipinski definition) is 9. The molecule has 3 aliphatic rings. The van der Waals surface area contributed by atoms with Crippen LogP contribution in [-0.4, -0.2) is 72.2 Å². The highest BCUT2D eigenvalue weighted by Crippen LogP contribution is 2.26. The Morgan fingerprint density at radius 3 is 1.42 bits per heavy atom. The van der Waals surface area contributed by atoms with E-state index in [1.165, 1.54) is 25.7 Å². The molecule has 0 N–H and O–H groups in total. The minimum atomic E-state index is -0.363. The predicted octanol–water partition coefficient (Wildman–Crippen LogP) is 2.31. The molecule has 0 saturated carbocycles. The molecule has 31 heavy (non-hydrogen) atoms. The Morgan fingerprint density at radius 1 is 0.613 bits per heavy atom. The number of piperazine rings is 1. The molecule has 3 aliphatic heterocycles. The van der Waals surface area contributed by atoms with Gasteiger partial charge in [0.1, 0.15) is 0 Å². The molecule has 0 aliphatic carbocycles. The topological polar surface area (TPSA) is 94.8 Å². The zero-order valence-corrected chi connectivity index (χ0v) is 17.7. The zero-order valence-electron chi connectivity index (χ0n) is 17.7. The van der Waals surface area contributed by atoms with Crippen molar-refractivity contribution in [2.24, 2.45) is 0 Å². The Balaban J connectivity index is 1.32. The van der Waals surface area contributed by atoms with E-state index in [1.54, 1.807) is 12.1 Å². The van der Waals surface area contributed by atoms with Gasteiger partial charge in [-0.25, -0.2) is 0 Å². The van der Waals surface area contributed by atoms with Crippen molar-refractivity contribution >= 4 is 29.2 Å². The van der Waals surface area contributed by atoms with E-state index in [4.69, 9.17) is 15.0 Å². The molecule has 1 aromatic heterocycles. The highest BCUT2D eigenvalue weighted by atomic mass is 16.6. The Hall–Kier alpha value is -3.17. The van der Waals surface area contributed by atoms with E-state index in [0.717, 1.165) is 75.9 Å². The number of nitro benzene ring substituents is 1. The van der Waals surface area contributed by atoms with Crippen LogP contribution >= 0.6 is 0 Å². The molecule has 0 unspecified atom stereocenters. The van der Waals surface area contributed by atoms with E-state index in [2.05, 4.69) is 19.6 Å². The Morgan fingerprint density at radius 2 is 1.00 bits per heavy atom. The average Bonchev–Trinajstić information content (AvgIpc) is 3.54. The molecular formula is C21H28N8O2. The molecule has 0 atom stereocenters. The Bertz CT molecular complexity index is 883. The molecule has 0 amide bonds. The fraction of sp³-hybridized carbons (Fsp3) is 0.571. The van der Waals surface area contributed by atoms with Gasteiger partial charge in [0.25, 0.3) is 5.69 Å². The highest BCUT2D eigenvalue weighted by molar-refractivity contribution is 5.53. The molecule has 3 fully saturated rings. The summed E-state index contributed by atoms with van der Waals surface area (Å²) in [5, 5.41) is 10.9. The number of benzene rings is 1. The number of aromatic nitrogens is 3. The van der Waals surface area contributed by atoms with Crippen LogP contribution in [0.3, 0.4) is 0 Å². The standard InChI is InChI=1S/C21H28N8O2/c30-29(31)18-7-5-17(6-8-18)25-13-15-28(16-14-25)21-23-19(26-9-1-2-10-26)22-20(24-21)27-11-3-4-12-27/h5-8H,1-4,9-16H2. The van der Waals surface area contributed by atoms with Gasteiger partial charge in [0.15, 0.2) is 0 Å². The number of anilines is 4. The molecule has 10 nitrogen and oxygen atoms in total. The first-order valence-corrected chi connectivity index (χ1v) is 11.2. The zero-order chi connectivity index (χ0) is 21.2. The summed E-state index contributed by atoms with van der Waals surface area (Å²) in [6, 6.07) is 6.79. The monoisotopic (exact) mass is 424 g/mol. The molecule has 10 heteroatoms. The van der Waals surface area contributed by atoms with Gasteiger partial charge in [-0.05, 0) is 37.8 Å². The second-order valence-electron chi connectivity index (χ2n) is 8.37. The van der Waals surface area contributed by atoms with Crippen LogP contribution in [0.25, 0.3) is 0 Å². The Kier molecular flexibility index (Phi) is 5.44. The summed E-state index contributed by atoms with van der Waals surface area (Å²) >= 11 is 0. The third-order valence-corrected chi connectivity index (χ3v) is 6.37. The van der Waals surface area contributed by atoms with Gasteiger partial charge in [0.2, 0.25) is 17.8 Å². The number of hydrogen-bond donors (Lipinski definition) is 0. The number of non-ortho nitro benzene ring substituents is 1. The van der Waals surface area contributed by atoms with Crippen molar-refractivity contribution in [3.05, 3.63) is 34.4 Å². The van der Waals surface area contributed by atoms with E-state index < -0.39 is 0 Å². The van der Waals surface area contributed by atoms with Crippen molar-refractivity contribution in [1.29, 1.82) is 0 Å². The maximum absolute atomic E-state index is 10.9. The molecule has 4 heterocycles. The summed E-state index contributed by atoms with van der Waals surface area (Å²) in [6.07, 6.45) is 4.75. The lowest BCUT2D eigenvalue weighted by Crippen LogP contribution is -2.47. The van der Waals surface area contributed by atoms with Gasteiger partial charge < -0.3 is 19.6 Å². The fourth-order valence-corrected chi connectivity index (χ4v) is 4.55. The van der Waals surface area contributed by atoms with Crippen molar-refractivity contribution in [3.63, 3.8) is 0 Å². The molecule has 1 aromatic carbocycles. The van der Waals surface area contributed by atoms with Crippen molar-refractivity contribution < 1.29 is 4.92 Å². The van der Waals surface area contributed by atoms with Crippen LogP contribution in [-0.2, 0) is 0 Å². The van der Waals surface area contributed by atoms with E-state index in [1.807, 2.05) is 12.1 Å². The van der Waals surface area contributed by atoms with E-state index in [-0.39, 0.29) is 10.6 Å². The van der Waals surface area contributed by atoms with E-state index >= 15 is 0 Å². The predicted molar refractivity (Wildman–Crippen MR) is 120 cm³/mol. The second-order valence-corrected chi connectivity index (χ2v) is 8.37. The maximum Gasteiger partial charge on any atom is 0.269 e. The minimum absolute atomic E-state index is 0.122. The lowest BCUT2D eigenvalue weighted by molar-refractivity contribution is -0.384. The molecule has 3 saturated heterocycles. The summed E-state index contributed by atoms with van der Waals surface area (Å²) < 4.78 is 0. The highest BCUT2D eigenvalue weighted by Gasteiger charge is 2.25. The van der Waals surface area contributed by atoms with Crippen LogP contribution in [0, 0.1) is 10.1 Å². The van der Waals surface area contributed by atoms with Crippen LogP contribution in [0.15, 0.2) is 24.3 Å². The first-order valence-electron chi connectivity index (χ1n) is 11.2. The van der Waals surface area contributed by atoms with Crippen LogP contribution in [0.4, 0.5) is 29.2 Å². The summed E-state index contributed by atoms with van der Waals surface area (Å²) in [5.41, 5.74) is 1.13. The van der Waals surface area contributed by atoms with Gasteiger partial charge in [0.05, 0.1) is 4.92 Å².